The van der Waals surface area contributed by atoms with Crippen molar-refractivity contribution >= 4 is 17.4 Å². The second-order valence-corrected chi connectivity index (χ2v) is 7.46. The molecule has 1 atom stereocenters. The van der Waals surface area contributed by atoms with Crippen LogP contribution >= 0.6 is 0 Å². The van der Waals surface area contributed by atoms with Gasteiger partial charge in [-0.05, 0) is 24.6 Å². The van der Waals surface area contributed by atoms with Crippen LogP contribution in [0, 0.1) is 6.92 Å². The van der Waals surface area contributed by atoms with E-state index in [2.05, 4.69) is 9.97 Å². The fourth-order valence-electron chi connectivity index (χ4n) is 3.80. The van der Waals surface area contributed by atoms with Crippen LogP contribution in [0.1, 0.15) is 28.4 Å². The summed E-state index contributed by atoms with van der Waals surface area (Å²) in [6.45, 7) is 2.23. The first-order valence-corrected chi connectivity index (χ1v) is 9.96. The fourth-order valence-corrected chi connectivity index (χ4v) is 3.80. The van der Waals surface area contributed by atoms with E-state index in [0.717, 1.165) is 11.3 Å². The molecule has 2 heterocycles. The second-order valence-electron chi connectivity index (χ2n) is 7.46. The molecule has 1 aromatic heterocycles. The number of methoxy groups -OCH3 is 1. The number of likely N-dealkylation sites (tertiary alicyclic amines) is 1. The maximum atomic E-state index is 13.0. The lowest BCUT2D eigenvalue weighted by Gasteiger charge is -2.25. The first-order valence-electron chi connectivity index (χ1n) is 9.96. The van der Waals surface area contributed by atoms with Crippen LogP contribution in [-0.2, 0) is 16.0 Å². The number of rotatable bonds is 6. The average molecular weight is 417 g/mol. The number of ether oxygens (including phenoxy) is 1. The van der Waals surface area contributed by atoms with E-state index in [9.17, 15) is 14.7 Å². The van der Waals surface area contributed by atoms with Gasteiger partial charge in [0, 0.05) is 30.4 Å². The molecule has 2 aromatic carbocycles. The number of carbonyl (C=O) groups excluding carboxylic acids is 2. The van der Waals surface area contributed by atoms with Crippen molar-refractivity contribution in [1.82, 2.24) is 14.9 Å². The van der Waals surface area contributed by atoms with Crippen molar-refractivity contribution in [1.29, 1.82) is 0 Å². The van der Waals surface area contributed by atoms with Gasteiger partial charge in [0.2, 0.25) is 0 Å². The molecule has 1 saturated heterocycles. The van der Waals surface area contributed by atoms with Gasteiger partial charge < -0.3 is 19.7 Å². The molecule has 1 amide bonds. The normalized spacial score (nSPS) is 17.9. The molecule has 2 N–H and O–H groups in total. The number of hydrogen-bond acceptors (Lipinski definition) is 5. The molecule has 4 rings (SSSR count). The lowest BCUT2D eigenvalue weighted by molar-refractivity contribution is -0.139. The minimum atomic E-state index is -0.723. The van der Waals surface area contributed by atoms with E-state index in [0.29, 0.717) is 29.8 Å². The van der Waals surface area contributed by atoms with Gasteiger partial charge in [-0.3, -0.25) is 9.59 Å². The van der Waals surface area contributed by atoms with Crippen LogP contribution in [-0.4, -0.2) is 45.3 Å². The highest BCUT2D eigenvalue weighted by Crippen LogP contribution is 2.40. The van der Waals surface area contributed by atoms with Gasteiger partial charge in [-0.1, -0.05) is 42.0 Å². The number of H-pyrrole nitrogens is 1. The minimum absolute atomic E-state index is 0.0757. The number of amides is 1. The highest BCUT2D eigenvalue weighted by Gasteiger charge is 2.46. The van der Waals surface area contributed by atoms with E-state index in [4.69, 9.17) is 4.74 Å². The average Bonchev–Trinajstić information content (AvgIpc) is 3.39. The topological polar surface area (TPSA) is 95.5 Å². The number of hydrogen-bond donors (Lipinski definition) is 2. The molecular weight excluding hydrogens is 394 g/mol. The first kappa shape index (κ1) is 20.4. The Balaban J connectivity index is 1.81. The molecule has 0 unspecified atom stereocenters. The molecule has 7 nitrogen and oxygen atoms in total. The SMILES string of the molecule is COc1cccc([C@@H]2C(=C(O)c3ccc(C)cc3)C(=O)C(=O)N2CCc2cnc[nH]2)c1. The van der Waals surface area contributed by atoms with Gasteiger partial charge >= 0.3 is 0 Å². The van der Waals surface area contributed by atoms with Crippen molar-refractivity contribution in [2.45, 2.75) is 19.4 Å². The van der Waals surface area contributed by atoms with Crippen LogP contribution < -0.4 is 4.74 Å². The van der Waals surface area contributed by atoms with Gasteiger partial charge in [-0.2, -0.15) is 0 Å². The molecule has 0 aliphatic carbocycles. The maximum Gasteiger partial charge on any atom is 0.295 e. The molecule has 3 aromatic rings. The molecular formula is C24H23N3O4. The molecule has 31 heavy (non-hydrogen) atoms. The van der Waals surface area contributed by atoms with Crippen molar-refractivity contribution in [3.05, 3.63) is 89.0 Å². The molecule has 1 aliphatic rings. The number of ketones is 1. The first-order chi connectivity index (χ1) is 15.0. The fraction of sp³-hybridized carbons (Fsp3) is 0.208. The van der Waals surface area contributed by atoms with Crippen LogP contribution in [0.15, 0.2) is 66.6 Å². The lowest BCUT2D eigenvalue weighted by atomic mass is 9.95. The van der Waals surface area contributed by atoms with Gasteiger partial charge in [0.1, 0.15) is 11.5 Å². The van der Waals surface area contributed by atoms with E-state index in [1.165, 1.54) is 4.90 Å². The molecule has 1 aliphatic heterocycles. The number of aliphatic hydroxyl groups is 1. The standard InChI is InChI=1S/C24H23N3O4/c1-15-6-8-16(9-7-15)22(28)20-21(17-4-3-5-19(12-17)31-2)27(24(30)23(20)29)11-10-18-13-25-14-26-18/h3-9,12-14,21,28H,10-11H2,1-2H3,(H,25,26)/t21-/m1/s1. The molecule has 0 saturated carbocycles. The Morgan fingerprint density at radius 2 is 1.97 bits per heavy atom. The highest BCUT2D eigenvalue weighted by molar-refractivity contribution is 6.46. The van der Waals surface area contributed by atoms with Crippen molar-refractivity contribution in [3.63, 3.8) is 0 Å². The molecule has 0 spiro atoms. The Labute approximate surface area is 180 Å². The number of aromatic nitrogens is 2. The Morgan fingerprint density at radius 1 is 1.19 bits per heavy atom. The summed E-state index contributed by atoms with van der Waals surface area (Å²) >= 11 is 0. The van der Waals surface area contributed by atoms with Gasteiger partial charge in [0.15, 0.2) is 0 Å². The van der Waals surface area contributed by atoms with Crippen molar-refractivity contribution in [3.8, 4) is 5.75 Å². The summed E-state index contributed by atoms with van der Waals surface area (Å²) in [5.74, 6) is -0.918. The number of imidazole rings is 1. The summed E-state index contributed by atoms with van der Waals surface area (Å²) in [6.07, 6.45) is 3.75. The number of aryl methyl sites for hydroxylation is 1. The van der Waals surface area contributed by atoms with Crippen LogP contribution in [0.4, 0.5) is 0 Å². The van der Waals surface area contributed by atoms with Gasteiger partial charge in [0.05, 0.1) is 25.1 Å². The van der Waals surface area contributed by atoms with Gasteiger partial charge in [0.25, 0.3) is 11.7 Å². The third kappa shape index (κ3) is 3.94. The smallest absolute Gasteiger partial charge is 0.295 e. The quantitative estimate of drug-likeness (QED) is 0.364. The summed E-state index contributed by atoms with van der Waals surface area (Å²) in [5.41, 5.74) is 3.14. The highest BCUT2D eigenvalue weighted by atomic mass is 16.5. The summed E-state index contributed by atoms with van der Waals surface area (Å²) in [7, 11) is 1.56. The summed E-state index contributed by atoms with van der Waals surface area (Å²) in [5, 5.41) is 11.1. The molecule has 7 heteroatoms. The zero-order valence-corrected chi connectivity index (χ0v) is 17.3. The summed E-state index contributed by atoms with van der Waals surface area (Å²) in [4.78, 5) is 34.5. The van der Waals surface area contributed by atoms with Crippen LogP contribution in [0.5, 0.6) is 5.75 Å². The minimum Gasteiger partial charge on any atom is -0.507 e. The van der Waals surface area contributed by atoms with Crippen LogP contribution in [0.2, 0.25) is 0 Å². The van der Waals surface area contributed by atoms with E-state index in [-0.39, 0.29) is 11.3 Å². The molecule has 1 fully saturated rings. The predicted molar refractivity (Wildman–Crippen MR) is 115 cm³/mol. The number of nitrogens with zero attached hydrogens (tertiary/aromatic N) is 2. The van der Waals surface area contributed by atoms with E-state index < -0.39 is 17.7 Å². The molecule has 158 valence electrons. The van der Waals surface area contributed by atoms with E-state index in [1.54, 1.807) is 50.0 Å². The largest absolute Gasteiger partial charge is 0.507 e. The molecule has 0 radical (unpaired) electrons. The van der Waals surface area contributed by atoms with E-state index in [1.807, 2.05) is 25.1 Å². The Hall–Kier alpha value is -3.87. The summed E-state index contributed by atoms with van der Waals surface area (Å²) in [6, 6.07) is 13.7. The lowest BCUT2D eigenvalue weighted by Crippen LogP contribution is -2.31. The number of carbonyl (C=O) groups is 2. The van der Waals surface area contributed by atoms with E-state index >= 15 is 0 Å². The number of aliphatic hydroxyl groups excluding tert-OH is 1. The molecule has 0 bridgehead atoms. The Kier molecular flexibility index (Phi) is 5.58. The predicted octanol–water partition coefficient (Wildman–Crippen LogP) is 3.39. The van der Waals surface area contributed by atoms with Crippen molar-refractivity contribution in [2.75, 3.05) is 13.7 Å². The summed E-state index contributed by atoms with van der Waals surface area (Å²) < 4.78 is 5.34. The zero-order chi connectivity index (χ0) is 22.0. The third-order valence-corrected chi connectivity index (χ3v) is 5.45. The number of Topliss-reactive ketones (excluding diaryl/α,β-unsaturated/α-hetero) is 1. The van der Waals surface area contributed by atoms with Gasteiger partial charge in [-0.15, -0.1) is 0 Å². The van der Waals surface area contributed by atoms with Crippen LogP contribution in [0.25, 0.3) is 5.76 Å². The van der Waals surface area contributed by atoms with Gasteiger partial charge in [-0.25, -0.2) is 4.98 Å². The number of nitrogens with one attached hydrogen (secondary N) is 1. The Bertz CT molecular complexity index is 1130. The van der Waals surface area contributed by atoms with Crippen molar-refractivity contribution < 1.29 is 19.4 Å². The second kappa shape index (κ2) is 8.47. The van der Waals surface area contributed by atoms with Crippen LogP contribution in [0.3, 0.4) is 0 Å². The van der Waals surface area contributed by atoms with Crippen molar-refractivity contribution in [2.24, 2.45) is 0 Å². The monoisotopic (exact) mass is 417 g/mol. The third-order valence-electron chi connectivity index (χ3n) is 5.45. The number of benzene rings is 2. The number of aromatic amines is 1. The Morgan fingerprint density at radius 3 is 2.65 bits per heavy atom. The maximum absolute atomic E-state index is 13.0. The zero-order valence-electron chi connectivity index (χ0n) is 17.3.